The summed E-state index contributed by atoms with van der Waals surface area (Å²) in [5.74, 6) is 1.48. The van der Waals surface area contributed by atoms with Crippen LogP contribution in [0.3, 0.4) is 0 Å². The molecule has 1 heterocycles. The van der Waals surface area contributed by atoms with Crippen molar-refractivity contribution in [2.45, 2.75) is 104 Å². The third kappa shape index (κ3) is 2.65. The fraction of sp³-hybridized carbons (Fsp3) is 1.00. The van der Waals surface area contributed by atoms with Crippen molar-refractivity contribution in [1.29, 1.82) is 0 Å². The molecular formula is C20H36O2. The highest BCUT2D eigenvalue weighted by atomic mass is 16.7. The first-order valence-electron chi connectivity index (χ1n) is 9.32. The fourth-order valence-corrected chi connectivity index (χ4v) is 6.27. The highest BCUT2D eigenvalue weighted by Gasteiger charge is 2.62. The van der Waals surface area contributed by atoms with Crippen molar-refractivity contribution in [2.24, 2.45) is 22.7 Å². The molecule has 2 heteroatoms. The lowest BCUT2D eigenvalue weighted by Crippen LogP contribution is -2.55. The van der Waals surface area contributed by atoms with Crippen molar-refractivity contribution in [1.82, 2.24) is 0 Å². The lowest BCUT2D eigenvalue weighted by Gasteiger charge is -2.60. The van der Waals surface area contributed by atoms with Crippen molar-refractivity contribution in [3.63, 3.8) is 0 Å². The molecule has 5 unspecified atom stereocenters. The molecule has 0 aromatic rings. The quantitative estimate of drug-likeness (QED) is 0.632. The van der Waals surface area contributed by atoms with Gasteiger partial charge in [-0.2, -0.15) is 0 Å². The normalized spacial score (nSPS) is 47.9. The zero-order chi connectivity index (χ0) is 16.4. The van der Waals surface area contributed by atoms with Gasteiger partial charge in [-0.05, 0) is 76.0 Å². The van der Waals surface area contributed by atoms with Crippen molar-refractivity contribution in [3.8, 4) is 0 Å². The molecule has 0 N–H and O–H groups in total. The highest BCUT2D eigenvalue weighted by Crippen LogP contribution is 2.65. The maximum absolute atomic E-state index is 6.49. The second-order valence-corrected chi connectivity index (χ2v) is 10.3. The lowest BCUT2D eigenvalue weighted by molar-refractivity contribution is -0.222. The van der Waals surface area contributed by atoms with Crippen molar-refractivity contribution in [3.05, 3.63) is 0 Å². The summed E-state index contributed by atoms with van der Waals surface area (Å²) in [6, 6.07) is 0. The van der Waals surface area contributed by atoms with E-state index in [1.165, 1.54) is 32.1 Å². The van der Waals surface area contributed by atoms with Gasteiger partial charge in [0.15, 0.2) is 6.29 Å². The zero-order valence-corrected chi connectivity index (χ0v) is 15.8. The molecule has 128 valence electrons. The maximum atomic E-state index is 6.49. The summed E-state index contributed by atoms with van der Waals surface area (Å²) in [5, 5.41) is 0. The van der Waals surface area contributed by atoms with Crippen LogP contribution in [0.25, 0.3) is 0 Å². The molecule has 0 radical (unpaired) electrons. The SMILES string of the molecule is CC(C)(C)OC1CC2C(C)(CCC3C(C)(C)CCCC32C)O1. The van der Waals surface area contributed by atoms with Gasteiger partial charge in [-0.1, -0.05) is 27.2 Å². The predicted octanol–water partition coefficient (Wildman–Crippen LogP) is 5.55. The standard InChI is InChI=1S/C20H36O2/c1-17(2,3)21-16-13-15-19(6)11-8-10-18(4,5)14(19)9-12-20(15,7)22-16/h14-16H,8-13H2,1-7H3. The van der Waals surface area contributed by atoms with Crippen LogP contribution in [0, 0.1) is 22.7 Å². The molecule has 1 aliphatic heterocycles. The molecule has 1 saturated heterocycles. The molecule has 3 aliphatic rings. The van der Waals surface area contributed by atoms with Crippen LogP contribution >= 0.6 is 0 Å². The first-order valence-corrected chi connectivity index (χ1v) is 9.32. The highest BCUT2D eigenvalue weighted by molar-refractivity contribution is 5.10. The molecule has 0 bridgehead atoms. The summed E-state index contributed by atoms with van der Waals surface area (Å²) >= 11 is 0. The Kier molecular flexibility index (Phi) is 3.78. The Hall–Kier alpha value is -0.0800. The van der Waals surface area contributed by atoms with E-state index in [2.05, 4.69) is 48.5 Å². The predicted molar refractivity (Wildman–Crippen MR) is 90.7 cm³/mol. The number of hydrogen-bond donors (Lipinski definition) is 0. The summed E-state index contributed by atoms with van der Waals surface area (Å²) < 4.78 is 12.7. The van der Waals surface area contributed by atoms with E-state index < -0.39 is 0 Å². The van der Waals surface area contributed by atoms with E-state index in [0.717, 1.165) is 12.3 Å². The van der Waals surface area contributed by atoms with Gasteiger partial charge in [-0.25, -0.2) is 0 Å². The minimum Gasteiger partial charge on any atom is -0.347 e. The molecule has 0 spiro atoms. The van der Waals surface area contributed by atoms with Crippen LogP contribution < -0.4 is 0 Å². The zero-order valence-electron chi connectivity index (χ0n) is 15.8. The average molecular weight is 309 g/mol. The minimum atomic E-state index is -0.124. The van der Waals surface area contributed by atoms with Gasteiger partial charge in [-0.15, -0.1) is 0 Å². The van der Waals surface area contributed by atoms with Crippen LogP contribution in [-0.2, 0) is 9.47 Å². The summed E-state index contributed by atoms with van der Waals surface area (Å²) in [6.07, 6.45) is 7.71. The first-order chi connectivity index (χ1) is 9.96. The largest absolute Gasteiger partial charge is 0.347 e. The average Bonchev–Trinajstić information content (AvgIpc) is 2.63. The summed E-state index contributed by atoms with van der Waals surface area (Å²) in [5.41, 5.74) is 0.803. The molecule has 0 aromatic carbocycles. The van der Waals surface area contributed by atoms with Crippen LogP contribution in [-0.4, -0.2) is 17.5 Å². The molecule has 3 rings (SSSR count). The molecule has 2 nitrogen and oxygen atoms in total. The molecule has 0 amide bonds. The molecule has 2 aliphatic carbocycles. The number of fused-ring (bicyclic) bond motifs is 3. The molecule has 0 aromatic heterocycles. The Bertz CT molecular complexity index is 435. The van der Waals surface area contributed by atoms with E-state index in [4.69, 9.17) is 9.47 Å². The van der Waals surface area contributed by atoms with E-state index >= 15 is 0 Å². The Morgan fingerprint density at radius 1 is 0.955 bits per heavy atom. The van der Waals surface area contributed by atoms with Gasteiger partial charge in [-0.3, -0.25) is 0 Å². The van der Waals surface area contributed by atoms with Crippen molar-refractivity contribution in [2.75, 3.05) is 0 Å². The van der Waals surface area contributed by atoms with Gasteiger partial charge in [0.25, 0.3) is 0 Å². The van der Waals surface area contributed by atoms with Gasteiger partial charge in [0.05, 0.1) is 11.2 Å². The summed E-state index contributed by atoms with van der Waals surface area (Å²) in [6.45, 7) is 16.3. The fourth-order valence-electron chi connectivity index (χ4n) is 6.27. The topological polar surface area (TPSA) is 18.5 Å². The molecule has 3 fully saturated rings. The van der Waals surface area contributed by atoms with Crippen LogP contribution in [0.15, 0.2) is 0 Å². The molecule has 2 saturated carbocycles. The third-order valence-corrected chi connectivity index (χ3v) is 7.05. The van der Waals surface area contributed by atoms with E-state index in [1.54, 1.807) is 0 Å². The first kappa shape index (κ1) is 16.8. The Morgan fingerprint density at radius 3 is 2.27 bits per heavy atom. The van der Waals surface area contributed by atoms with Crippen molar-refractivity contribution >= 4 is 0 Å². The Morgan fingerprint density at radius 2 is 1.64 bits per heavy atom. The molecule has 5 atom stereocenters. The van der Waals surface area contributed by atoms with E-state index in [1.807, 2.05) is 0 Å². The summed E-state index contributed by atoms with van der Waals surface area (Å²) in [7, 11) is 0. The second kappa shape index (κ2) is 4.96. The lowest BCUT2D eigenvalue weighted by atomic mass is 9.45. The van der Waals surface area contributed by atoms with Gasteiger partial charge in [0, 0.05) is 6.42 Å². The van der Waals surface area contributed by atoms with Crippen LogP contribution in [0.2, 0.25) is 0 Å². The summed E-state index contributed by atoms with van der Waals surface area (Å²) in [4.78, 5) is 0. The monoisotopic (exact) mass is 308 g/mol. The van der Waals surface area contributed by atoms with Gasteiger partial charge >= 0.3 is 0 Å². The van der Waals surface area contributed by atoms with Gasteiger partial charge in [0.1, 0.15) is 0 Å². The smallest absolute Gasteiger partial charge is 0.159 e. The second-order valence-electron chi connectivity index (χ2n) is 10.3. The molecular weight excluding hydrogens is 272 g/mol. The third-order valence-electron chi connectivity index (χ3n) is 7.05. The van der Waals surface area contributed by atoms with Crippen LogP contribution in [0.1, 0.15) is 87.0 Å². The maximum Gasteiger partial charge on any atom is 0.159 e. The van der Waals surface area contributed by atoms with Crippen molar-refractivity contribution < 1.29 is 9.47 Å². The minimum absolute atomic E-state index is 0.0180. The van der Waals surface area contributed by atoms with E-state index in [9.17, 15) is 0 Å². The number of ether oxygens (including phenoxy) is 2. The number of hydrogen-bond acceptors (Lipinski definition) is 2. The van der Waals surface area contributed by atoms with Crippen LogP contribution in [0.4, 0.5) is 0 Å². The van der Waals surface area contributed by atoms with E-state index in [-0.39, 0.29) is 17.5 Å². The Labute approximate surface area is 137 Å². The Balaban J connectivity index is 1.86. The van der Waals surface area contributed by atoms with Crippen LogP contribution in [0.5, 0.6) is 0 Å². The van der Waals surface area contributed by atoms with Gasteiger partial charge in [0.2, 0.25) is 0 Å². The van der Waals surface area contributed by atoms with E-state index in [0.29, 0.717) is 16.7 Å². The number of rotatable bonds is 1. The van der Waals surface area contributed by atoms with Gasteiger partial charge < -0.3 is 9.47 Å². The molecule has 22 heavy (non-hydrogen) atoms.